The number of carbonyl (C=O) groups excluding carboxylic acids is 1. The number of hydrogen-bond acceptors (Lipinski definition) is 5. The summed E-state index contributed by atoms with van der Waals surface area (Å²) in [4.78, 5) is 15.2. The lowest BCUT2D eigenvalue weighted by Gasteiger charge is -2.45. The number of aliphatic hydroxyl groups is 4. The molecule has 4 fully saturated rings. The highest BCUT2D eigenvalue weighted by Crippen LogP contribution is 2.60. The van der Waals surface area contributed by atoms with E-state index in [1.165, 1.54) is 24.0 Å². The van der Waals surface area contributed by atoms with Crippen LogP contribution in [-0.4, -0.2) is 68.2 Å². The number of likely N-dealkylation sites (tertiary alicyclic amines) is 1. The molecular formula is C38H55NO5. The Morgan fingerprint density at radius 3 is 2.61 bits per heavy atom. The number of aliphatic hydroxyl groups excluding tert-OH is 3. The Bertz CT molecular complexity index is 1240. The van der Waals surface area contributed by atoms with Gasteiger partial charge in [-0.1, -0.05) is 68.5 Å². The molecule has 1 heterocycles. The van der Waals surface area contributed by atoms with Crippen molar-refractivity contribution in [1.82, 2.24) is 4.90 Å². The van der Waals surface area contributed by atoms with E-state index >= 15 is 0 Å². The largest absolute Gasteiger partial charge is 0.396 e. The fourth-order valence-corrected chi connectivity index (χ4v) is 9.55. The van der Waals surface area contributed by atoms with Crippen molar-refractivity contribution in [3.63, 3.8) is 0 Å². The molecule has 0 aromatic heterocycles. The van der Waals surface area contributed by atoms with Gasteiger partial charge >= 0.3 is 0 Å². The van der Waals surface area contributed by atoms with Gasteiger partial charge in [0, 0.05) is 31.5 Å². The SMILES string of the molecule is C=C1/C(=C\C=C2/CCC[C@]3(C)[C@@H]([C@H](C)C[C@H]4C[C@](C)(O)C(=O)N4CCc4ccccc4)CC[C@@H]23)C[C@@H](O)[C@H](CCCO)[C@@H]1O. The van der Waals surface area contributed by atoms with Gasteiger partial charge in [0.15, 0.2) is 0 Å². The van der Waals surface area contributed by atoms with Gasteiger partial charge in [0.25, 0.3) is 5.91 Å². The zero-order chi connectivity index (χ0) is 31.6. The fraction of sp³-hybridized carbons (Fsp3) is 0.658. The monoisotopic (exact) mass is 605 g/mol. The first-order valence-electron chi connectivity index (χ1n) is 17.1. The van der Waals surface area contributed by atoms with Crippen molar-refractivity contribution in [3.05, 3.63) is 71.3 Å². The normalized spacial score (nSPS) is 38.5. The van der Waals surface area contributed by atoms with E-state index in [1.807, 2.05) is 23.1 Å². The molecule has 3 aliphatic carbocycles. The van der Waals surface area contributed by atoms with Gasteiger partial charge in [0.05, 0.1) is 12.2 Å². The summed E-state index contributed by atoms with van der Waals surface area (Å²) in [5.74, 6) is 1.10. The smallest absolute Gasteiger partial charge is 0.254 e. The van der Waals surface area contributed by atoms with Gasteiger partial charge in [0.2, 0.25) is 0 Å². The molecule has 0 unspecified atom stereocenters. The van der Waals surface area contributed by atoms with E-state index in [1.54, 1.807) is 6.92 Å². The van der Waals surface area contributed by atoms with Crippen LogP contribution in [0.15, 0.2) is 65.8 Å². The number of fused-ring (bicyclic) bond motifs is 1. The highest BCUT2D eigenvalue weighted by atomic mass is 16.3. The average Bonchev–Trinajstić information content (AvgIpc) is 3.46. The highest BCUT2D eigenvalue weighted by molar-refractivity contribution is 5.87. The summed E-state index contributed by atoms with van der Waals surface area (Å²) in [5.41, 5.74) is 3.22. The van der Waals surface area contributed by atoms with Crippen molar-refractivity contribution in [2.24, 2.45) is 29.1 Å². The van der Waals surface area contributed by atoms with Crippen molar-refractivity contribution in [2.45, 2.75) is 115 Å². The molecule has 0 radical (unpaired) electrons. The second kappa shape index (κ2) is 13.6. The van der Waals surface area contributed by atoms with E-state index in [4.69, 9.17) is 0 Å². The van der Waals surface area contributed by atoms with Gasteiger partial charge in [-0.2, -0.15) is 0 Å². The third-order valence-electron chi connectivity index (χ3n) is 11.9. The zero-order valence-electron chi connectivity index (χ0n) is 27.1. The second-order valence-corrected chi connectivity index (χ2v) is 14.9. The minimum absolute atomic E-state index is 0.0542. The molecule has 5 rings (SSSR count). The Hall–Kier alpha value is -2.25. The van der Waals surface area contributed by atoms with Crippen molar-refractivity contribution in [3.8, 4) is 0 Å². The molecule has 0 spiro atoms. The van der Waals surface area contributed by atoms with E-state index in [2.05, 4.69) is 44.7 Å². The maximum Gasteiger partial charge on any atom is 0.254 e. The molecule has 1 amide bonds. The summed E-state index contributed by atoms with van der Waals surface area (Å²) in [5, 5.41) is 41.8. The van der Waals surface area contributed by atoms with Crippen LogP contribution >= 0.6 is 0 Å². The van der Waals surface area contributed by atoms with E-state index in [-0.39, 0.29) is 29.9 Å². The van der Waals surface area contributed by atoms with Gasteiger partial charge < -0.3 is 25.3 Å². The molecule has 6 nitrogen and oxygen atoms in total. The molecule has 1 aromatic rings. The lowest BCUT2D eigenvalue weighted by molar-refractivity contribution is -0.142. The summed E-state index contributed by atoms with van der Waals surface area (Å²) in [6.45, 7) is 11.4. The van der Waals surface area contributed by atoms with Crippen molar-refractivity contribution in [2.75, 3.05) is 13.2 Å². The number of rotatable bonds is 10. The fourth-order valence-electron chi connectivity index (χ4n) is 9.55. The van der Waals surface area contributed by atoms with Crippen LogP contribution in [0.5, 0.6) is 0 Å². The Morgan fingerprint density at radius 2 is 1.89 bits per heavy atom. The number of hydrogen-bond donors (Lipinski definition) is 4. The van der Waals surface area contributed by atoms with Crippen molar-refractivity contribution >= 4 is 5.91 Å². The Labute approximate surface area is 264 Å². The molecular weight excluding hydrogens is 550 g/mol. The standard InChI is InChI=1S/C38H55NO5/c1-25(22-30-24-38(4,44)36(43)39(30)20-18-27-10-6-5-7-11-27)32-16-17-33-28(12-8-19-37(32,33)3)14-15-29-23-34(41)31(13-9-21-40)35(42)26(29)2/h5-7,10-11,14-15,25,30-35,40-42,44H,2,8-9,12-13,16-24H2,1,3-4H3/b28-14+,29-15-/t25-,30+,31+,32-,33+,34-,35-,37-,38+/m1/s1. The summed E-state index contributed by atoms with van der Waals surface area (Å²) in [6.07, 6.45) is 12.6. The lowest BCUT2D eigenvalue weighted by atomic mass is 9.60. The van der Waals surface area contributed by atoms with Gasteiger partial charge in [-0.3, -0.25) is 4.79 Å². The molecule has 242 valence electrons. The highest BCUT2D eigenvalue weighted by Gasteiger charge is 2.53. The van der Waals surface area contributed by atoms with Crippen LogP contribution in [0.1, 0.15) is 90.5 Å². The van der Waals surface area contributed by atoms with Gasteiger partial charge in [-0.25, -0.2) is 0 Å². The van der Waals surface area contributed by atoms with Crippen LogP contribution in [0.25, 0.3) is 0 Å². The third kappa shape index (κ3) is 6.65. The Morgan fingerprint density at radius 1 is 1.14 bits per heavy atom. The summed E-state index contributed by atoms with van der Waals surface area (Å²) in [6, 6.07) is 10.3. The topological polar surface area (TPSA) is 101 Å². The maximum atomic E-state index is 13.2. The van der Waals surface area contributed by atoms with Crippen molar-refractivity contribution in [1.29, 1.82) is 0 Å². The maximum absolute atomic E-state index is 13.2. The van der Waals surface area contributed by atoms with Crippen LogP contribution in [0.2, 0.25) is 0 Å². The molecule has 3 saturated carbocycles. The molecule has 6 heteroatoms. The summed E-state index contributed by atoms with van der Waals surface area (Å²) < 4.78 is 0. The van der Waals surface area contributed by atoms with Crippen molar-refractivity contribution < 1.29 is 25.2 Å². The van der Waals surface area contributed by atoms with Crippen LogP contribution in [-0.2, 0) is 11.2 Å². The number of carbonyl (C=O) groups is 1. The van der Waals surface area contributed by atoms with Crippen LogP contribution in [0.4, 0.5) is 0 Å². The predicted molar refractivity (Wildman–Crippen MR) is 175 cm³/mol. The average molecular weight is 606 g/mol. The zero-order valence-corrected chi connectivity index (χ0v) is 27.1. The minimum atomic E-state index is -1.29. The second-order valence-electron chi connectivity index (χ2n) is 14.9. The van der Waals surface area contributed by atoms with E-state index in [0.717, 1.165) is 37.7 Å². The minimum Gasteiger partial charge on any atom is -0.396 e. The molecule has 4 N–H and O–H groups in total. The van der Waals surface area contributed by atoms with Crippen LogP contribution in [0, 0.1) is 29.1 Å². The quantitative estimate of drug-likeness (QED) is 0.272. The molecule has 4 aliphatic rings. The predicted octanol–water partition coefficient (Wildman–Crippen LogP) is 5.75. The van der Waals surface area contributed by atoms with Crippen LogP contribution < -0.4 is 0 Å². The third-order valence-corrected chi connectivity index (χ3v) is 11.9. The first-order valence-corrected chi connectivity index (χ1v) is 17.1. The summed E-state index contributed by atoms with van der Waals surface area (Å²) >= 11 is 0. The van der Waals surface area contributed by atoms with Gasteiger partial charge in [-0.05, 0) is 111 Å². The number of allylic oxidation sites excluding steroid dienone is 3. The Balaban J connectivity index is 1.27. The Kier molecular flexibility index (Phi) is 10.3. The van der Waals surface area contributed by atoms with Crippen LogP contribution in [0.3, 0.4) is 0 Å². The van der Waals surface area contributed by atoms with Gasteiger partial charge in [0.1, 0.15) is 5.60 Å². The number of amides is 1. The molecule has 0 bridgehead atoms. The van der Waals surface area contributed by atoms with E-state index in [0.29, 0.717) is 55.6 Å². The molecule has 1 aliphatic heterocycles. The lowest BCUT2D eigenvalue weighted by Crippen LogP contribution is -2.41. The van der Waals surface area contributed by atoms with E-state index < -0.39 is 17.8 Å². The van der Waals surface area contributed by atoms with Gasteiger partial charge in [-0.15, -0.1) is 0 Å². The summed E-state index contributed by atoms with van der Waals surface area (Å²) in [7, 11) is 0. The molecule has 44 heavy (non-hydrogen) atoms. The number of nitrogens with zero attached hydrogens (tertiary/aromatic N) is 1. The number of benzene rings is 1. The molecule has 1 aromatic carbocycles. The first kappa shape index (κ1) is 33.1. The molecule has 1 saturated heterocycles. The molecule has 9 atom stereocenters. The first-order chi connectivity index (χ1) is 21.0. The van der Waals surface area contributed by atoms with E-state index in [9.17, 15) is 25.2 Å².